The third-order valence-corrected chi connectivity index (χ3v) is 3.90. The van der Waals surface area contributed by atoms with Gasteiger partial charge in [0.2, 0.25) is 5.16 Å². The number of hydrogen-bond acceptors (Lipinski definition) is 6. The highest BCUT2D eigenvalue weighted by Crippen LogP contribution is 2.15. The van der Waals surface area contributed by atoms with Crippen LogP contribution in [0.4, 0.5) is 0 Å². The highest BCUT2D eigenvalue weighted by atomic mass is 32.2. The molecule has 0 atom stereocenters. The van der Waals surface area contributed by atoms with Gasteiger partial charge in [0.25, 0.3) is 5.91 Å². The van der Waals surface area contributed by atoms with Crippen LogP contribution in [-0.4, -0.2) is 48.6 Å². The number of carbonyl (C=O) groups is 1. The molecule has 0 spiro atoms. The predicted molar refractivity (Wildman–Crippen MR) is 77.9 cm³/mol. The molecule has 9 heteroatoms. The van der Waals surface area contributed by atoms with Gasteiger partial charge < -0.3 is 5.32 Å². The van der Waals surface area contributed by atoms with Crippen molar-refractivity contribution in [3.63, 3.8) is 0 Å². The molecule has 0 fully saturated rings. The minimum atomic E-state index is -0.191. The van der Waals surface area contributed by atoms with E-state index in [9.17, 15) is 4.79 Å². The van der Waals surface area contributed by atoms with Crippen LogP contribution < -0.4 is 5.32 Å². The van der Waals surface area contributed by atoms with E-state index in [1.807, 2.05) is 24.3 Å². The average molecular weight is 303 g/mol. The number of fused-ring (bicyclic) bond motifs is 1. The van der Waals surface area contributed by atoms with E-state index in [1.54, 1.807) is 11.7 Å². The maximum absolute atomic E-state index is 12.1. The van der Waals surface area contributed by atoms with Crippen LogP contribution in [0, 0.1) is 0 Å². The maximum Gasteiger partial charge on any atom is 0.272 e. The van der Waals surface area contributed by atoms with Crippen molar-refractivity contribution in [2.75, 3.05) is 12.3 Å². The van der Waals surface area contributed by atoms with Gasteiger partial charge in [-0.2, -0.15) is 5.10 Å². The van der Waals surface area contributed by atoms with Crippen molar-refractivity contribution in [2.45, 2.75) is 5.16 Å². The van der Waals surface area contributed by atoms with Crippen LogP contribution in [0.15, 0.2) is 29.4 Å². The van der Waals surface area contributed by atoms with Crippen molar-refractivity contribution >= 4 is 28.6 Å². The van der Waals surface area contributed by atoms with Crippen molar-refractivity contribution in [3.8, 4) is 0 Å². The first-order valence-electron chi connectivity index (χ1n) is 6.32. The summed E-state index contributed by atoms with van der Waals surface area (Å²) >= 11 is 1.48. The minimum absolute atomic E-state index is 0.191. The van der Waals surface area contributed by atoms with Crippen molar-refractivity contribution in [2.24, 2.45) is 7.05 Å². The van der Waals surface area contributed by atoms with Gasteiger partial charge in [-0.05, 0) is 16.5 Å². The zero-order valence-electron chi connectivity index (χ0n) is 11.3. The van der Waals surface area contributed by atoms with Gasteiger partial charge in [0.1, 0.15) is 0 Å². The van der Waals surface area contributed by atoms with Gasteiger partial charge in [-0.15, -0.1) is 5.10 Å². The number of para-hydroxylation sites is 1. The molecule has 0 aliphatic rings. The van der Waals surface area contributed by atoms with Crippen LogP contribution >= 0.6 is 11.8 Å². The average Bonchev–Trinajstić information content (AvgIpc) is 3.10. The third kappa shape index (κ3) is 2.87. The van der Waals surface area contributed by atoms with Crippen molar-refractivity contribution in [1.29, 1.82) is 0 Å². The third-order valence-electron chi connectivity index (χ3n) is 2.89. The lowest BCUT2D eigenvalue weighted by molar-refractivity contribution is 0.0953. The summed E-state index contributed by atoms with van der Waals surface area (Å²) in [7, 11) is 1.77. The molecular formula is C12H13N7OS. The van der Waals surface area contributed by atoms with Crippen LogP contribution in [0.25, 0.3) is 10.9 Å². The van der Waals surface area contributed by atoms with E-state index in [0.717, 1.165) is 16.1 Å². The van der Waals surface area contributed by atoms with Crippen molar-refractivity contribution in [1.82, 2.24) is 35.7 Å². The maximum atomic E-state index is 12.1. The molecular weight excluding hydrogens is 290 g/mol. The van der Waals surface area contributed by atoms with E-state index >= 15 is 0 Å². The van der Waals surface area contributed by atoms with Gasteiger partial charge in [-0.3, -0.25) is 9.89 Å². The number of aromatic amines is 1. The first-order chi connectivity index (χ1) is 10.3. The van der Waals surface area contributed by atoms with E-state index in [4.69, 9.17) is 0 Å². The fourth-order valence-electron chi connectivity index (χ4n) is 1.87. The van der Waals surface area contributed by atoms with E-state index in [0.29, 0.717) is 18.0 Å². The summed E-state index contributed by atoms with van der Waals surface area (Å²) in [5.74, 6) is 0.492. The molecule has 0 saturated carbocycles. The summed E-state index contributed by atoms with van der Waals surface area (Å²) in [5, 5.41) is 22.4. The Hall–Kier alpha value is -2.42. The van der Waals surface area contributed by atoms with Gasteiger partial charge in [0, 0.05) is 24.7 Å². The summed E-state index contributed by atoms with van der Waals surface area (Å²) in [4.78, 5) is 12.1. The quantitative estimate of drug-likeness (QED) is 0.529. The first kappa shape index (κ1) is 13.6. The number of aromatic nitrogens is 6. The summed E-state index contributed by atoms with van der Waals surface area (Å²) in [6, 6.07) is 7.53. The van der Waals surface area contributed by atoms with Gasteiger partial charge in [-0.25, -0.2) is 4.68 Å². The topological polar surface area (TPSA) is 101 Å². The molecule has 2 N–H and O–H groups in total. The minimum Gasteiger partial charge on any atom is -0.350 e. The van der Waals surface area contributed by atoms with Crippen LogP contribution in [0.3, 0.4) is 0 Å². The lowest BCUT2D eigenvalue weighted by atomic mass is 10.2. The smallest absolute Gasteiger partial charge is 0.272 e. The van der Waals surface area contributed by atoms with E-state index in [1.165, 1.54) is 11.8 Å². The largest absolute Gasteiger partial charge is 0.350 e. The summed E-state index contributed by atoms with van der Waals surface area (Å²) < 4.78 is 1.59. The number of thioether (sulfide) groups is 1. The molecule has 2 aromatic heterocycles. The molecule has 8 nitrogen and oxygen atoms in total. The molecule has 0 unspecified atom stereocenters. The number of rotatable bonds is 5. The number of carbonyl (C=O) groups excluding carboxylic acids is 1. The van der Waals surface area contributed by atoms with Gasteiger partial charge in [0.15, 0.2) is 5.69 Å². The Labute approximate surface area is 124 Å². The van der Waals surface area contributed by atoms with Crippen molar-refractivity contribution < 1.29 is 4.79 Å². The lowest BCUT2D eigenvalue weighted by Gasteiger charge is -2.02. The second-order valence-electron chi connectivity index (χ2n) is 4.31. The molecule has 1 amide bonds. The van der Waals surface area contributed by atoms with Crippen LogP contribution in [0.1, 0.15) is 10.5 Å². The molecule has 0 bridgehead atoms. The van der Waals surface area contributed by atoms with Gasteiger partial charge >= 0.3 is 0 Å². The summed E-state index contributed by atoms with van der Waals surface area (Å²) in [6.07, 6.45) is 0. The van der Waals surface area contributed by atoms with E-state index in [-0.39, 0.29) is 5.91 Å². The summed E-state index contributed by atoms with van der Waals surface area (Å²) in [6.45, 7) is 0.511. The number of nitrogens with one attached hydrogen (secondary N) is 2. The molecule has 21 heavy (non-hydrogen) atoms. The van der Waals surface area contributed by atoms with Crippen molar-refractivity contribution in [3.05, 3.63) is 30.0 Å². The fourth-order valence-corrected chi connectivity index (χ4v) is 2.57. The lowest BCUT2D eigenvalue weighted by Crippen LogP contribution is -2.26. The second kappa shape index (κ2) is 5.92. The van der Waals surface area contributed by atoms with E-state index < -0.39 is 0 Å². The van der Waals surface area contributed by atoms with Gasteiger partial charge in [-0.1, -0.05) is 30.0 Å². The Kier molecular flexibility index (Phi) is 3.82. The number of hydrogen-bond donors (Lipinski definition) is 2. The molecule has 0 radical (unpaired) electrons. The Bertz CT molecular complexity index is 766. The number of aryl methyl sites for hydroxylation is 1. The zero-order chi connectivity index (χ0) is 14.7. The molecule has 2 heterocycles. The van der Waals surface area contributed by atoms with E-state index in [2.05, 4.69) is 31.0 Å². The molecule has 3 aromatic rings. The number of amides is 1. The molecule has 0 aliphatic carbocycles. The standard InChI is InChI=1S/C12H13N7OS/c1-19-12(16-17-18-19)21-7-6-13-11(20)10-8-4-2-3-5-9(8)14-15-10/h2-5H,6-7H2,1H3,(H,13,20)(H,14,15). The number of benzene rings is 1. The second-order valence-corrected chi connectivity index (χ2v) is 5.37. The Morgan fingerprint density at radius 3 is 3.10 bits per heavy atom. The predicted octanol–water partition coefficient (Wildman–Crippen LogP) is 0.608. The van der Waals surface area contributed by atoms with Crippen LogP contribution in [0.2, 0.25) is 0 Å². The monoisotopic (exact) mass is 303 g/mol. The molecule has 0 saturated heterocycles. The van der Waals surface area contributed by atoms with Crippen LogP contribution in [-0.2, 0) is 7.05 Å². The number of H-pyrrole nitrogens is 1. The Balaban J connectivity index is 1.56. The fraction of sp³-hybridized carbons (Fsp3) is 0.250. The molecule has 3 rings (SSSR count). The first-order valence-corrected chi connectivity index (χ1v) is 7.31. The highest BCUT2D eigenvalue weighted by Gasteiger charge is 2.13. The van der Waals surface area contributed by atoms with Gasteiger partial charge in [0.05, 0.1) is 5.52 Å². The van der Waals surface area contributed by atoms with Crippen LogP contribution in [0.5, 0.6) is 0 Å². The normalized spacial score (nSPS) is 10.9. The molecule has 108 valence electrons. The SMILES string of the molecule is Cn1nnnc1SCCNC(=O)c1n[nH]c2ccccc12. The number of tetrazole rings is 1. The number of nitrogens with zero attached hydrogens (tertiary/aromatic N) is 5. The molecule has 0 aliphatic heterocycles. The molecule has 1 aromatic carbocycles. The summed E-state index contributed by atoms with van der Waals surface area (Å²) in [5.41, 5.74) is 1.26. The highest BCUT2D eigenvalue weighted by molar-refractivity contribution is 7.99. The zero-order valence-corrected chi connectivity index (χ0v) is 12.1. The Morgan fingerprint density at radius 2 is 2.29 bits per heavy atom. The Morgan fingerprint density at radius 1 is 1.43 bits per heavy atom.